The number of benzene rings is 1. The Morgan fingerprint density at radius 3 is 2.36 bits per heavy atom. The molecule has 0 aliphatic heterocycles. The van der Waals surface area contributed by atoms with Gasteiger partial charge >= 0.3 is 5.97 Å². The summed E-state index contributed by atoms with van der Waals surface area (Å²) >= 11 is 0. The van der Waals surface area contributed by atoms with Crippen molar-refractivity contribution in [2.24, 2.45) is 0 Å². The average molecular weight is 454 g/mol. The normalized spacial score (nSPS) is 11.5. The van der Waals surface area contributed by atoms with Gasteiger partial charge in [-0.3, -0.25) is 9.48 Å². The second-order valence-corrected chi connectivity index (χ2v) is 8.94. The van der Waals surface area contributed by atoms with Crippen LogP contribution in [0.15, 0.2) is 42.7 Å². The number of carbonyl (C=O) groups excluding carboxylic acids is 2. The Hall–Kier alpha value is -3.62. The first-order valence-corrected chi connectivity index (χ1v) is 10.9. The van der Waals surface area contributed by atoms with Gasteiger partial charge in [0.25, 0.3) is 5.91 Å². The lowest BCUT2D eigenvalue weighted by Crippen LogP contribution is -2.18. The number of aromatic nitrogens is 4. The van der Waals surface area contributed by atoms with Crippen molar-refractivity contribution in [3.8, 4) is 5.75 Å². The van der Waals surface area contributed by atoms with Gasteiger partial charge in [-0.05, 0) is 49.9 Å². The van der Waals surface area contributed by atoms with E-state index in [-0.39, 0.29) is 35.3 Å². The first-order valence-electron chi connectivity index (χ1n) is 10.9. The van der Waals surface area contributed by atoms with Gasteiger partial charge in [-0.25, -0.2) is 9.48 Å². The van der Waals surface area contributed by atoms with E-state index in [4.69, 9.17) is 9.47 Å². The summed E-state index contributed by atoms with van der Waals surface area (Å²) in [5, 5.41) is 11.2. The first kappa shape index (κ1) is 24.0. The van der Waals surface area contributed by atoms with Gasteiger partial charge in [-0.1, -0.05) is 32.9 Å². The SMILES string of the molecule is CCn1cc(NC(=O)c2ccn(COc3ccc(C(C)(C)C)cc3)n2)c(C(=O)OC(C)C)n1. The second-order valence-electron chi connectivity index (χ2n) is 8.94. The van der Waals surface area contributed by atoms with Gasteiger partial charge in [0.05, 0.1) is 11.8 Å². The quantitative estimate of drug-likeness (QED) is 0.512. The Bertz CT molecular complexity index is 1110. The maximum absolute atomic E-state index is 12.7. The van der Waals surface area contributed by atoms with Crippen molar-refractivity contribution in [3.63, 3.8) is 0 Å². The first-order chi connectivity index (χ1) is 15.6. The molecule has 33 heavy (non-hydrogen) atoms. The molecule has 0 aliphatic carbocycles. The van der Waals surface area contributed by atoms with Crippen molar-refractivity contribution >= 4 is 17.6 Å². The van der Waals surface area contributed by atoms with Crippen LogP contribution >= 0.6 is 0 Å². The Morgan fingerprint density at radius 2 is 1.76 bits per heavy atom. The fourth-order valence-corrected chi connectivity index (χ4v) is 3.03. The fraction of sp³-hybridized carbons (Fsp3) is 0.417. The monoisotopic (exact) mass is 453 g/mol. The summed E-state index contributed by atoms with van der Waals surface area (Å²) in [7, 11) is 0. The minimum absolute atomic E-state index is 0.0559. The van der Waals surface area contributed by atoms with Gasteiger partial charge in [0.15, 0.2) is 18.1 Å². The molecular formula is C24H31N5O4. The highest BCUT2D eigenvalue weighted by atomic mass is 16.5. The van der Waals surface area contributed by atoms with Crippen LogP contribution < -0.4 is 10.1 Å². The van der Waals surface area contributed by atoms with Crippen molar-refractivity contribution in [2.45, 2.75) is 66.3 Å². The third-order valence-corrected chi connectivity index (χ3v) is 4.83. The zero-order valence-electron chi connectivity index (χ0n) is 20.0. The fourth-order valence-electron chi connectivity index (χ4n) is 3.03. The van der Waals surface area contributed by atoms with E-state index in [0.717, 1.165) is 0 Å². The second kappa shape index (κ2) is 9.89. The van der Waals surface area contributed by atoms with Crippen molar-refractivity contribution in [3.05, 3.63) is 59.7 Å². The lowest BCUT2D eigenvalue weighted by molar-refractivity contribution is 0.0371. The predicted molar refractivity (Wildman–Crippen MR) is 124 cm³/mol. The Kier molecular flexibility index (Phi) is 7.20. The molecule has 0 bridgehead atoms. The molecule has 3 aromatic rings. The molecule has 0 saturated heterocycles. The molecule has 1 amide bonds. The number of hydrogen-bond donors (Lipinski definition) is 1. The van der Waals surface area contributed by atoms with Crippen LogP contribution in [0.1, 0.15) is 68.1 Å². The molecule has 3 rings (SSSR count). The number of nitrogens with zero attached hydrogens (tertiary/aromatic N) is 4. The lowest BCUT2D eigenvalue weighted by atomic mass is 9.87. The molecule has 9 nitrogen and oxygen atoms in total. The van der Waals surface area contributed by atoms with Crippen LogP contribution in [0.5, 0.6) is 5.75 Å². The number of esters is 1. The minimum Gasteiger partial charge on any atom is -0.471 e. The number of amides is 1. The van der Waals surface area contributed by atoms with Crippen LogP contribution in [0.25, 0.3) is 0 Å². The van der Waals surface area contributed by atoms with E-state index in [2.05, 4.69) is 36.3 Å². The number of ether oxygens (including phenoxy) is 2. The van der Waals surface area contributed by atoms with E-state index < -0.39 is 11.9 Å². The molecule has 0 aliphatic rings. The molecule has 176 valence electrons. The maximum Gasteiger partial charge on any atom is 0.361 e. The van der Waals surface area contributed by atoms with E-state index in [1.807, 2.05) is 31.2 Å². The summed E-state index contributed by atoms with van der Waals surface area (Å²) in [6, 6.07) is 9.49. The summed E-state index contributed by atoms with van der Waals surface area (Å²) in [4.78, 5) is 25.0. The molecule has 9 heteroatoms. The maximum atomic E-state index is 12.7. The largest absolute Gasteiger partial charge is 0.471 e. The van der Waals surface area contributed by atoms with Gasteiger partial charge in [0.1, 0.15) is 5.75 Å². The smallest absolute Gasteiger partial charge is 0.361 e. The third kappa shape index (κ3) is 6.21. The zero-order chi connectivity index (χ0) is 24.2. The summed E-state index contributed by atoms with van der Waals surface area (Å²) in [6.45, 7) is 12.5. The number of hydrogen-bond acceptors (Lipinski definition) is 6. The predicted octanol–water partition coefficient (Wildman–Crippen LogP) is 4.25. The molecule has 0 radical (unpaired) electrons. The van der Waals surface area contributed by atoms with Crippen LogP contribution in [0, 0.1) is 0 Å². The van der Waals surface area contributed by atoms with Gasteiger partial charge in [0, 0.05) is 18.9 Å². The van der Waals surface area contributed by atoms with Crippen LogP contribution in [0.3, 0.4) is 0 Å². The van der Waals surface area contributed by atoms with E-state index >= 15 is 0 Å². The van der Waals surface area contributed by atoms with Crippen LogP contribution in [0.2, 0.25) is 0 Å². The summed E-state index contributed by atoms with van der Waals surface area (Å²) in [6.07, 6.45) is 2.95. The molecule has 0 fully saturated rings. The minimum atomic E-state index is -0.594. The third-order valence-electron chi connectivity index (χ3n) is 4.83. The number of aryl methyl sites for hydroxylation is 1. The molecule has 0 unspecified atom stereocenters. The van der Waals surface area contributed by atoms with Gasteiger partial charge in [-0.2, -0.15) is 10.2 Å². The lowest BCUT2D eigenvalue weighted by Gasteiger charge is -2.19. The highest BCUT2D eigenvalue weighted by Crippen LogP contribution is 2.24. The Morgan fingerprint density at radius 1 is 1.06 bits per heavy atom. The molecule has 1 aromatic carbocycles. The number of nitrogens with one attached hydrogen (secondary N) is 1. The van der Waals surface area contributed by atoms with E-state index in [9.17, 15) is 9.59 Å². The van der Waals surface area contributed by atoms with E-state index in [1.165, 1.54) is 10.2 Å². The summed E-state index contributed by atoms with van der Waals surface area (Å²) in [5.74, 6) is -0.341. The van der Waals surface area contributed by atoms with E-state index in [0.29, 0.717) is 12.3 Å². The number of rotatable bonds is 8. The number of carbonyl (C=O) groups is 2. The Balaban J connectivity index is 1.64. The Labute approximate surface area is 193 Å². The topological polar surface area (TPSA) is 100 Å². The molecule has 0 saturated carbocycles. The van der Waals surface area contributed by atoms with Crippen molar-refractivity contribution in [1.29, 1.82) is 0 Å². The molecule has 1 N–H and O–H groups in total. The zero-order valence-corrected chi connectivity index (χ0v) is 20.0. The van der Waals surface area contributed by atoms with Crippen LogP contribution in [0.4, 0.5) is 5.69 Å². The summed E-state index contributed by atoms with van der Waals surface area (Å²) < 4.78 is 14.1. The van der Waals surface area contributed by atoms with Gasteiger partial charge in [-0.15, -0.1) is 0 Å². The van der Waals surface area contributed by atoms with Gasteiger partial charge in [0.2, 0.25) is 0 Å². The molecule has 0 atom stereocenters. The van der Waals surface area contributed by atoms with Crippen molar-refractivity contribution in [2.75, 3.05) is 5.32 Å². The molecular weight excluding hydrogens is 422 g/mol. The standard InChI is InChI=1S/C24H31N5O4/c1-7-28-14-20(21(27-28)23(31)33-16(2)3)25-22(30)19-12-13-29(26-19)15-32-18-10-8-17(9-11-18)24(4,5)6/h8-14,16H,7,15H2,1-6H3,(H,25,30). The number of anilines is 1. The highest BCUT2D eigenvalue weighted by molar-refractivity contribution is 6.06. The average Bonchev–Trinajstić information content (AvgIpc) is 3.38. The highest BCUT2D eigenvalue weighted by Gasteiger charge is 2.22. The van der Waals surface area contributed by atoms with Gasteiger partial charge < -0.3 is 14.8 Å². The molecule has 2 heterocycles. The molecule has 2 aromatic heterocycles. The van der Waals surface area contributed by atoms with Crippen molar-refractivity contribution < 1.29 is 19.1 Å². The van der Waals surface area contributed by atoms with E-state index in [1.54, 1.807) is 37.0 Å². The molecule has 0 spiro atoms. The summed E-state index contributed by atoms with van der Waals surface area (Å²) in [5.41, 5.74) is 1.81. The van der Waals surface area contributed by atoms with Crippen LogP contribution in [-0.2, 0) is 23.4 Å². The van der Waals surface area contributed by atoms with Crippen molar-refractivity contribution in [1.82, 2.24) is 19.6 Å². The van der Waals surface area contributed by atoms with Crippen LogP contribution in [-0.4, -0.2) is 37.5 Å².